The Labute approximate surface area is 181 Å². The average Bonchev–Trinajstić information content (AvgIpc) is 3.08. The van der Waals surface area contributed by atoms with E-state index in [1.54, 1.807) is 20.8 Å². The van der Waals surface area contributed by atoms with Gasteiger partial charge in [0.25, 0.3) is 5.91 Å². The van der Waals surface area contributed by atoms with Crippen molar-refractivity contribution in [2.45, 2.75) is 52.3 Å². The minimum Gasteiger partial charge on any atom is -0.464 e. The molecule has 0 saturated carbocycles. The molecule has 0 aliphatic carbocycles. The zero-order valence-electron chi connectivity index (χ0n) is 17.9. The molecule has 0 aliphatic heterocycles. The Morgan fingerprint density at radius 3 is 2.32 bits per heavy atom. The molecule has 0 spiro atoms. The zero-order valence-corrected chi connectivity index (χ0v) is 18.7. The van der Waals surface area contributed by atoms with Crippen molar-refractivity contribution in [1.29, 1.82) is 0 Å². The van der Waals surface area contributed by atoms with Gasteiger partial charge in [-0.2, -0.15) is 18.7 Å². The SMILES string of the molecule is COC(=O)c1nc(NC(=O)c2cc(C(F)(F)F)ccc2ONC(C)(C)C)sc1C(C)C. The molecule has 0 atom stereocenters. The summed E-state index contributed by atoms with van der Waals surface area (Å²) in [5, 5.41) is 2.51. The van der Waals surface area contributed by atoms with E-state index in [9.17, 15) is 22.8 Å². The van der Waals surface area contributed by atoms with Crippen LogP contribution in [0.3, 0.4) is 0 Å². The van der Waals surface area contributed by atoms with Crippen LogP contribution in [0.25, 0.3) is 0 Å². The number of methoxy groups -OCH3 is 1. The van der Waals surface area contributed by atoms with Gasteiger partial charge in [0.1, 0.15) is 0 Å². The van der Waals surface area contributed by atoms with Gasteiger partial charge in [-0.3, -0.25) is 10.1 Å². The smallest absolute Gasteiger partial charge is 0.416 e. The van der Waals surface area contributed by atoms with Gasteiger partial charge >= 0.3 is 12.1 Å². The molecule has 0 saturated heterocycles. The predicted molar refractivity (Wildman–Crippen MR) is 110 cm³/mol. The van der Waals surface area contributed by atoms with Gasteiger partial charge in [0.15, 0.2) is 16.6 Å². The largest absolute Gasteiger partial charge is 0.464 e. The first-order valence-corrected chi connectivity index (χ1v) is 10.1. The van der Waals surface area contributed by atoms with Gasteiger partial charge in [-0.25, -0.2) is 9.78 Å². The number of amides is 1. The quantitative estimate of drug-likeness (QED) is 0.467. The summed E-state index contributed by atoms with van der Waals surface area (Å²) in [6.07, 6.45) is -4.64. The predicted octanol–water partition coefficient (Wildman–Crippen LogP) is 5.01. The van der Waals surface area contributed by atoms with Crippen LogP contribution in [0.5, 0.6) is 5.75 Å². The van der Waals surface area contributed by atoms with Crippen molar-refractivity contribution in [2.75, 3.05) is 12.4 Å². The fourth-order valence-corrected chi connectivity index (χ4v) is 3.32. The van der Waals surface area contributed by atoms with Crippen molar-refractivity contribution in [3.8, 4) is 5.75 Å². The third-order valence-corrected chi connectivity index (χ3v) is 5.07. The number of hydrogen-bond donors (Lipinski definition) is 2. The summed E-state index contributed by atoms with van der Waals surface area (Å²) >= 11 is 1.04. The van der Waals surface area contributed by atoms with E-state index in [4.69, 9.17) is 9.57 Å². The maximum atomic E-state index is 13.2. The number of nitrogens with one attached hydrogen (secondary N) is 2. The van der Waals surface area contributed by atoms with Crippen molar-refractivity contribution in [3.05, 3.63) is 39.9 Å². The molecule has 0 fully saturated rings. The Balaban J connectivity index is 2.41. The summed E-state index contributed by atoms with van der Waals surface area (Å²) in [7, 11) is 1.21. The molecule has 1 aromatic heterocycles. The van der Waals surface area contributed by atoms with Gasteiger partial charge in [0.05, 0.1) is 18.2 Å². The van der Waals surface area contributed by atoms with E-state index < -0.39 is 29.2 Å². The molecular formula is C20H24F3N3O4S. The van der Waals surface area contributed by atoms with Gasteiger partial charge in [-0.05, 0) is 44.9 Å². The molecule has 0 unspecified atom stereocenters. The van der Waals surface area contributed by atoms with Gasteiger partial charge < -0.3 is 9.57 Å². The van der Waals surface area contributed by atoms with E-state index in [1.165, 1.54) is 7.11 Å². The molecule has 2 aromatic rings. The zero-order chi connectivity index (χ0) is 23.6. The number of rotatable bonds is 6. The normalized spacial score (nSPS) is 12.1. The molecule has 2 rings (SSSR count). The number of hydroxylamine groups is 1. The highest BCUT2D eigenvalue weighted by molar-refractivity contribution is 7.16. The number of halogens is 3. The second kappa shape index (κ2) is 9.23. The lowest BCUT2D eigenvalue weighted by molar-refractivity contribution is -0.137. The topological polar surface area (TPSA) is 89.5 Å². The summed E-state index contributed by atoms with van der Waals surface area (Å²) in [6, 6.07) is 2.59. The highest BCUT2D eigenvalue weighted by Crippen LogP contribution is 2.34. The van der Waals surface area contributed by atoms with Crippen LogP contribution in [0.15, 0.2) is 18.2 Å². The minimum absolute atomic E-state index is 0.0488. The second-order valence-corrected chi connectivity index (χ2v) is 9.03. The van der Waals surface area contributed by atoms with Crippen LogP contribution in [0.4, 0.5) is 18.3 Å². The van der Waals surface area contributed by atoms with Gasteiger partial charge in [0, 0.05) is 10.4 Å². The van der Waals surface area contributed by atoms with Crippen molar-refractivity contribution in [1.82, 2.24) is 10.5 Å². The Kier molecular flexibility index (Phi) is 7.32. The van der Waals surface area contributed by atoms with E-state index in [0.29, 0.717) is 10.9 Å². The standard InChI is InChI=1S/C20H24F3N3O4S/c1-10(2)15-14(17(28)29-6)24-18(31-15)25-16(27)12-9-11(20(21,22)23)7-8-13(12)30-26-19(3,4)5/h7-10,26H,1-6H3,(H,24,25,27). The van der Waals surface area contributed by atoms with Gasteiger partial charge in [-0.1, -0.05) is 13.8 Å². The van der Waals surface area contributed by atoms with E-state index in [0.717, 1.165) is 23.5 Å². The number of ether oxygens (including phenoxy) is 1. The Bertz CT molecular complexity index is 966. The monoisotopic (exact) mass is 459 g/mol. The third-order valence-electron chi connectivity index (χ3n) is 3.80. The maximum absolute atomic E-state index is 13.2. The van der Waals surface area contributed by atoms with Crippen LogP contribution < -0.4 is 15.6 Å². The van der Waals surface area contributed by atoms with Crippen LogP contribution >= 0.6 is 11.3 Å². The molecule has 0 radical (unpaired) electrons. The van der Waals surface area contributed by atoms with Crippen molar-refractivity contribution in [2.24, 2.45) is 0 Å². The molecule has 31 heavy (non-hydrogen) atoms. The minimum atomic E-state index is -4.64. The van der Waals surface area contributed by atoms with Gasteiger partial charge in [0.2, 0.25) is 0 Å². The van der Waals surface area contributed by atoms with Crippen molar-refractivity contribution >= 4 is 28.3 Å². The molecule has 7 nitrogen and oxygen atoms in total. The number of esters is 1. The Morgan fingerprint density at radius 2 is 1.81 bits per heavy atom. The van der Waals surface area contributed by atoms with E-state index >= 15 is 0 Å². The highest BCUT2D eigenvalue weighted by Gasteiger charge is 2.32. The number of aromatic nitrogens is 1. The fourth-order valence-electron chi connectivity index (χ4n) is 2.36. The molecule has 2 N–H and O–H groups in total. The molecule has 0 bridgehead atoms. The van der Waals surface area contributed by atoms with E-state index in [-0.39, 0.29) is 28.1 Å². The summed E-state index contributed by atoms with van der Waals surface area (Å²) in [4.78, 5) is 34.8. The molecule has 1 aromatic carbocycles. The van der Waals surface area contributed by atoms with E-state index in [1.807, 2.05) is 13.8 Å². The lowest BCUT2D eigenvalue weighted by atomic mass is 10.1. The van der Waals surface area contributed by atoms with Crippen LogP contribution in [-0.4, -0.2) is 29.5 Å². The van der Waals surface area contributed by atoms with Crippen molar-refractivity contribution < 1.29 is 32.3 Å². The van der Waals surface area contributed by atoms with Crippen LogP contribution in [-0.2, 0) is 10.9 Å². The highest BCUT2D eigenvalue weighted by atomic mass is 32.1. The summed E-state index contributed by atoms with van der Waals surface area (Å²) < 4.78 is 44.3. The number of alkyl halides is 3. The number of carbonyl (C=O) groups excluding carboxylic acids is 2. The average molecular weight is 459 g/mol. The van der Waals surface area contributed by atoms with Crippen LogP contribution in [0.2, 0.25) is 0 Å². The molecule has 1 heterocycles. The molecule has 11 heteroatoms. The number of carbonyl (C=O) groups is 2. The number of nitrogens with zero attached hydrogens (tertiary/aromatic N) is 1. The van der Waals surface area contributed by atoms with Crippen LogP contribution in [0, 0.1) is 0 Å². The number of hydrogen-bond acceptors (Lipinski definition) is 7. The Hall–Kier alpha value is -2.66. The molecule has 0 aliphatic rings. The van der Waals surface area contributed by atoms with Gasteiger partial charge in [-0.15, -0.1) is 11.3 Å². The third kappa shape index (κ3) is 6.41. The summed E-state index contributed by atoms with van der Waals surface area (Å²) in [5.74, 6) is -1.70. The number of anilines is 1. The maximum Gasteiger partial charge on any atom is 0.416 e. The number of benzene rings is 1. The fraction of sp³-hybridized carbons (Fsp3) is 0.450. The first-order chi connectivity index (χ1) is 14.2. The molecule has 170 valence electrons. The molecular weight excluding hydrogens is 435 g/mol. The molecule has 1 amide bonds. The number of thiazole rings is 1. The summed E-state index contributed by atoms with van der Waals surface area (Å²) in [5.41, 5.74) is 0.857. The Morgan fingerprint density at radius 1 is 1.16 bits per heavy atom. The second-order valence-electron chi connectivity index (χ2n) is 8.00. The lowest BCUT2D eigenvalue weighted by Crippen LogP contribution is -2.38. The van der Waals surface area contributed by atoms with Crippen molar-refractivity contribution in [3.63, 3.8) is 0 Å². The summed E-state index contributed by atoms with van der Waals surface area (Å²) in [6.45, 7) is 9.03. The first-order valence-electron chi connectivity index (χ1n) is 9.28. The first kappa shape index (κ1) is 24.6. The lowest BCUT2D eigenvalue weighted by Gasteiger charge is -2.22. The van der Waals surface area contributed by atoms with Crippen LogP contribution in [0.1, 0.15) is 71.8 Å². The van der Waals surface area contributed by atoms with E-state index in [2.05, 4.69) is 15.8 Å².